The number of alkyl halides is 3. The summed E-state index contributed by atoms with van der Waals surface area (Å²) in [6.45, 7) is 4.02. The number of nitrogens with one attached hydrogen (secondary N) is 1. The Kier molecular flexibility index (Phi) is 8.05. The molecule has 0 bridgehead atoms. The normalized spacial score (nSPS) is 17.4. The number of pyridine rings is 1. The van der Waals surface area contributed by atoms with E-state index in [1.807, 2.05) is 35.2 Å². The molecule has 0 aliphatic carbocycles. The van der Waals surface area contributed by atoms with Gasteiger partial charge >= 0.3 is 6.18 Å². The van der Waals surface area contributed by atoms with E-state index in [9.17, 15) is 18.0 Å². The number of anilines is 1. The zero-order valence-electron chi connectivity index (χ0n) is 24.5. The maximum absolute atomic E-state index is 14.3. The van der Waals surface area contributed by atoms with Crippen molar-refractivity contribution in [2.24, 2.45) is 0 Å². The number of benzene rings is 2. The van der Waals surface area contributed by atoms with E-state index < -0.39 is 11.7 Å². The Balaban J connectivity index is 1.21. The molecular weight excluding hydrogens is 599 g/mol. The van der Waals surface area contributed by atoms with Gasteiger partial charge in [-0.3, -0.25) is 4.79 Å². The monoisotopic (exact) mass is 631 g/mol. The topological polar surface area (TPSA) is 74.5 Å². The smallest absolute Gasteiger partial charge is 0.416 e. The molecule has 0 radical (unpaired) electrons. The standard InChI is InChI=1S/C34H32F3N5O2S/c35-34(36,37)24-8-5-22(6-9-24)18-39-32-17-27(33(43)42-15-3-4-25(42)20-41-13-1-2-14-41)26-16-23(7-10-28(26)40-32)30-11-12-31(45-30)29-19-38-21-44-29/h5-12,16-17,19,21,25H,1-4,13-15,18,20H2,(H,39,40)/t25-/m0/s1. The maximum Gasteiger partial charge on any atom is 0.416 e. The number of hydrogen-bond donors (Lipinski definition) is 1. The highest BCUT2D eigenvalue weighted by atomic mass is 32.1. The van der Waals surface area contributed by atoms with Crippen molar-refractivity contribution < 1.29 is 22.4 Å². The van der Waals surface area contributed by atoms with E-state index in [1.54, 1.807) is 23.6 Å². The van der Waals surface area contributed by atoms with Crippen molar-refractivity contribution in [3.8, 4) is 21.1 Å². The molecule has 2 aliphatic heterocycles. The molecule has 11 heteroatoms. The molecule has 2 aromatic carbocycles. The number of oxazole rings is 1. The van der Waals surface area contributed by atoms with E-state index in [0.29, 0.717) is 34.8 Å². The second-order valence-electron chi connectivity index (χ2n) is 11.7. The number of amides is 1. The van der Waals surface area contributed by atoms with Crippen LogP contribution >= 0.6 is 11.3 Å². The molecule has 2 fully saturated rings. The number of rotatable bonds is 8. The summed E-state index contributed by atoms with van der Waals surface area (Å²) >= 11 is 1.58. The number of hydrogen-bond acceptors (Lipinski definition) is 7. The number of halogens is 3. The molecule has 0 saturated carbocycles. The second-order valence-corrected chi connectivity index (χ2v) is 12.8. The van der Waals surface area contributed by atoms with Gasteiger partial charge in [-0.25, -0.2) is 9.97 Å². The Morgan fingerprint density at radius 1 is 0.978 bits per heavy atom. The molecule has 7 nitrogen and oxygen atoms in total. The van der Waals surface area contributed by atoms with Crippen LogP contribution in [0, 0.1) is 0 Å². The maximum atomic E-state index is 14.3. The van der Waals surface area contributed by atoms with E-state index in [4.69, 9.17) is 9.40 Å². The fraction of sp³-hybridized carbons (Fsp3) is 0.324. The first kappa shape index (κ1) is 29.5. The lowest BCUT2D eigenvalue weighted by Crippen LogP contribution is -2.42. The lowest BCUT2D eigenvalue weighted by molar-refractivity contribution is -0.137. The average molecular weight is 632 g/mol. The zero-order valence-corrected chi connectivity index (χ0v) is 25.3. The van der Waals surface area contributed by atoms with Crippen LogP contribution in [-0.4, -0.2) is 57.9 Å². The molecule has 5 heterocycles. The SMILES string of the molecule is O=C(c1cc(NCc2ccc(C(F)(F)F)cc2)nc2ccc(-c3ccc(-c4cnco4)s3)cc12)N1CCC[C@H]1CN1CCCC1. The third kappa shape index (κ3) is 6.32. The van der Waals surface area contributed by atoms with Gasteiger partial charge in [0.2, 0.25) is 0 Å². The van der Waals surface area contributed by atoms with Crippen LogP contribution in [-0.2, 0) is 12.7 Å². The highest BCUT2D eigenvalue weighted by molar-refractivity contribution is 7.18. The van der Waals surface area contributed by atoms with Crippen LogP contribution in [0.15, 0.2) is 77.7 Å². The van der Waals surface area contributed by atoms with Gasteiger partial charge < -0.3 is 19.5 Å². The van der Waals surface area contributed by atoms with Crippen molar-refractivity contribution in [2.45, 2.75) is 44.4 Å². The summed E-state index contributed by atoms with van der Waals surface area (Å²) in [6.07, 6.45) is 3.06. The van der Waals surface area contributed by atoms with Crippen molar-refractivity contribution in [3.63, 3.8) is 0 Å². The number of nitrogens with zero attached hydrogens (tertiary/aromatic N) is 4. The molecule has 232 valence electrons. The number of thiophene rings is 1. The van der Waals surface area contributed by atoms with Crippen LogP contribution in [0.2, 0.25) is 0 Å². The molecule has 1 N–H and O–H groups in total. The van der Waals surface area contributed by atoms with Crippen molar-refractivity contribution in [2.75, 3.05) is 31.5 Å². The van der Waals surface area contributed by atoms with Gasteiger partial charge in [0.05, 0.1) is 27.7 Å². The van der Waals surface area contributed by atoms with E-state index in [0.717, 1.165) is 65.3 Å². The van der Waals surface area contributed by atoms with E-state index in [2.05, 4.69) is 15.2 Å². The molecule has 3 aromatic heterocycles. The largest absolute Gasteiger partial charge is 0.443 e. The van der Waals surface area contributed by atoms with E-state index >= 15 is 0 Å². The number of fused-ring (bicyclic) bond motifs is 1. The summed E-state index contributed by atoms with van der Waals surface area (Å²) in [4.78, 5) is 29.6. The third-order valence-corrected chi connectivity index (χ3v) is 9.81. The number of aromatic nitrogens is 2. The van der Waals surface area contributed by atoms with Crippen LogP contribution < -0.4 is 5.32 Å². The Bertz CT molecular complexity index is 1800. The van der Waals surface area contributed by atoms with E-state index in [1.165, 1.54) is 31.4 Å². The van der Waals surface area contributed by atoms with Crippen molar-refractivity contribution in [1.29, 1.82) is 0 Å². The highest BCUT2D eigenvalue weighted by Crippen LogP contribution is 2.37. The van der Waals surface area contributed by atoms with Gasteiger partial charge in [0.1, 0.15) is 5.82 Å². The summed E-state index contributed by atoms with van der Waals surface area (Å²) in [6, 6.07) is 17.0. The van der Waals surface area contributed by atoms with Crippen LogP contribution in [0.1, 0.15) is 47.2 Å². The third-order valence-electron chi connectivity index (χ3n) is 8.67. The minimum atomic E-state index is -4.39. The lowest BCUT2D eigenvalue weighted by atomic mass is 10.0. The Morgan fingerprint density at radius 2 is 1.78 bits per heavy atom. The van der Waals surface area contributed by atoms with Gasteiger partial charge in [0.25, 0.3) is 5.91 Å². The molecule has 1 atom stereocenters. The minimum absolute atomic E-state index is 0.0210. The Hall–Kier alpha value is -4.22. The van der Waals surface area contributed by atoms with Gasteiger partial charge in [0, 0.05) is 35.9 Å². The first-order chi connectivity index (χ1) is 21.8. The number of likely N-dealkylation sites (tertiary alicyclic amines) is 2. The minimum Gasteiger partial charge on any atom is -0.443 e. The predicted molar refractivity (Wildman–Crippen MR) is 169 cm³/mol. The molecule has 7 rings (SSSR count). The van der Waals surface area contributed by atoms with E-state index in [-0.39, 0.29) is 18.5 Å². The number of carbonyl (C=O) groups excluding carboxylic acids is 1. The van der Waals surface area contributed by atoms with Crippen molar-refractivity contribution in [3.05, 3.63) is 89.9 Å². The molecule has 2 saturated heterocycles. The Morgan fingerprint density at radius 3 is 2.53 bits per heavy atom. The second kappa shape index (κ2) is 12.3. The number of carbonyl (C=O) groups is 1. The fourth-order valence-corrected chi connectivity index (χ4v) is 7.28. The molecular formula is C34H32F3N5O2S. The van der Waals surface area contributed by atoms with Gasteiger partial charge in [-0.15, -0.1) is 11.3 Å². The van der Waals surface area contributed by atoms with Gasteiger partial charge in [-0.2, -0.15) is 13.2 Å². The van der Waals surface area contributed by atoms with Crippen molar-refractivity contribution >= 4 is 34.0 Å². The van der Waals surface area contributed by atoms with Gasteiger partial charge in [-0.05, 0) is 92.4 Å². The first-order valence-corrected chi connectivity index (χ1v) is 16.0. The van der Waals surface area contributed by atoms with Crippen LogP contribution in [0.4, 0.5) is 19.0 Å². The van der Waals surface area contributed by atoms with Crippen molar-refractivity contribution in [1.82, 2.24) is 19.8 Å². The molecule has 0 spiro atoms. The molecule has 2 aliphatic rings. The summed E-state index contributed by atoms with van der Waals surface area (Å²) < 4.78 is 44.6. The summed E-state index contributed by atoms with van der Waals surface area (Å²) in [5.74, 6) is 1.18. The zero-order chi connectivity index (χ0) is 31.0. The highest BCUT2D eigenvalue weighted by Gasteiger charge is 2.33. The average Bonchev–Trinajstić information content (AvgIpc) is 3.87. The Labute approximate surface area is 262 Å². The molecule has 5 aromatic rings. The summed E-state index contributed by atoms with van der Waals surface area (Å²) in [5, 5.41) is 4.01. The molecule has 45 heavy (non-hydrogen) atoms. The molecule has 1 amide bonds. The quantitative estimate of drug-likeness (QED) is 0.187. The molecule has 0 unspecified atom stereocenters. The van der Waals surface area contributed by atoms with Gasteiger partial charge in [0.15, 0.2) is 12.2 Å². The fourth-order valence-electron chi connectivity index (χ4n) is 6.32. The summed E-state index contributed by atoms with van der Waals surface area (Å²) in [5.41, 5.74) is 2.19. The van der Waals surface area contributed by atoms with Crippen LogP contribution in [0.3, 0.4) is 0 Å². The predicted octanol–water partition coefficient (Wildman–Crippen LogP) is 7.95. The lowest BCUT2D eigenvalue weighted by Gasteiger charge is -2.29. The van der Waals surface area contributed by atoms with Crippen LogP contribution in [0.25, 0.3) is 32.0 Å². The summed E-state index contributed by atoms with van der Waals surface area (Å²) in [7, 11) is 0. The van der Waals surface area contributed by atoms with Crippen LogP contribution in [0.5, 0.6) is 0 Å². The first-order valence-electron chi connectivity index (χ1n) is 15.2. The van der Waals surface area contributed by atoms with Gasteiger partial charge in [-0.1, -0.05) is 18.2 Å².